The number of nitrogens with zero attached hydrogens (tertiary/aromatic N) is 1. The number of carbonyl (C=O) groups is 1. The summed E-state index contributed by atoms with van der Waals surface area (Å²) in [5.74, 6) is 2.51. The number of thioether (sulfide) groups is 1. The van der Waals surface area contributed by atoms with E-state index in [-0.39, 0.29) is 42.3 Å². The molecule has 1 atom stereocenters. The first-order valence-electron chi connectivity index (χ1n) is 9.10. The zero-order valence-electron chi connectivity index (χ0n) is 15.2. The number of halogens is 2. The zero-order chi connectivity index (χ0) is 16.8. The van der Waals surface area contributed by atoms with Gasteiger partial charge in [-0.2, -0.15) is 11.8 Å². The van der Waals surface area contributed by atoms with Crippen molar-refractivity contribution in [2.24, 2.45) is 5.73 Å². The Morgan fingerprint density at radius 1 is 1.15 bits per heavy atom. The number of nitrogens with one attached hydrogen (secondary N) is 1. The first-order chi connectivity index (χ1) is 11.7. The molecule has 0 aromatic heterocycles. The smallest absolute Gasteiger partial charge is 0.221 e. The van der Waals surface area contributed by atoms with E-state index in [1.807, 2.05) is 42.1 Å². The fourth-order valence-corrected chi connectivity index (χ4v) is 4.93. The number of nitrogens with two attached hydrogens (primary N) is 1. The van der Waals surface area contributed by atoms with Crippen LogP contribution in [0.15, 0.2) is 30.3 Å². The number of benzene rings is 1. The van der Waals surface area contributed by atoms with E-state index in [1.54, 1.807) is 0 Å². The summed E-state index contributed by atoms with van der Waals surface area (Å²) in [5.41, 5.74) is 7.39. The number of amides is 1. The van der Waals surface area contributed by atoms with Crippen LogP contribution >= 0.6 is 36.6 Å². The number of carbonyl (C=O) groups excluding carboxylic acids is 1. The van der Waals surface area contributed by atoms with Crippen LogP contribution in [0.4, 0.5) is 0 Å². The van der Waals surface area contributed by atoms with Gasteiger partial charge in [0.25, 0.3) is 0 Å². The van der Waals surface area contributed by atoms with E-state index in [1.165, 1.54) is 37.2 Å². The highest BCUT2D eigenvalue weighted by Gasteiger charge is 2.40. The van der Waals surface area contributed by atoms with Crippen molar-refractivity contribution in [2.45, 2.75) is 43.7 Å². The van der Waals surface area contributed by atoms with E-state index in [0.29, 0.717) is 6.42 Å². The zero-order valence-corrected chi connectivity index (χ0v) is 17.6. The molecule has 26 heavy (non-hydrogen) atoms. The molecule has 1 heterocycles. The van der Waals surface area contributed by atoms with E-state index >= 15 is 0 Å². The maximum atomic E-state index is 12.4. The molecule has 1 unspecified atom stereocenters. The monoisotopic (exact) mass is 419 g/mol. The molecule has 2 fully saturated rings. The molecule has 4 nitrogen and oxygen atoms in total. The molecular formula is C19H31Cl2N3OS. The summed E-state index contributed by atoms with van der Waals surface area (Å²) in [6, 6.07) is 9.65. The maximum Gasteiger partial charge on any atom is 0.221 e. The molecular weight excluding hydrogens is 389 g/mol. The molecule has 148 valence electrons. The van der Waals surface area contributed by atoms with Gasteiger partial charge in [0.15, 0.2) is 0 Å². The second kappa shape index (κ2) is 11.4. The number of rotatable bonds is 6. The first kappa shape index (κ1) is 23.6. The molecule has 0 radical (unpaired) electrons. The molecule has 1 saturated carbocycles. The van der Waals surface area contributed by atoms with Crippen LogP contribution in [0.2, 0.25) is 0 Å². The summed E-state index contributed by atoms with van der Waals surface area (Å²) < 4.78 is 0. The summed E-state index contributed by atoms with van der Waals surface area (Å²) >= 11 is 2.04. The van der Waals surface area contributed by atoms with Gasteiger partial charge in [-0.1, -0.05) is 43.2 Å². The molecule has 0 bridgehead atoms. The molecule has 7 heteroatoms. The van der Waals surface area contributed by atoms with E-state index in [9.17, 15) is 4.79 Å². The molecule has 3 rings (SSSR count). The van der Waals surface area contributed by atoms with Gasteiger partial charge in [-0.05, 0) is 18.4 Å². The molecule has 1 amide bonds. The molecule has 1 aromatic carbocycles. The van der Waals surface area contributed by atoms with Gasteiger partial charge in [-0.25, -0.2) is 0 Å². The highest BCUT2D eigenvalue weighted by Crippen LogP contribution is 2.36. The van der Waals surface area contributed by atoms with Crippen LogP contribution in [-0.2, 0) is 4.79 Å². The van der Waals surface area contributed by atoms with Crippen LogP contribution in [-0.4, -0.2) is 47.5 Å². The predicted molar refractivity (Wildman–Crippen MR) is 116 cm³/mol. The number of hydrogen-bond acceptors (Lipinski definition) is 4. The molecule has 1 aliphatic heterocycles. The van der Waals surface area contributed by atoms with Gasteiger partial charge in [0, 0.05) is 49.1 Å². The lowest BCUT2D eigenvalue weighted by Gasteiger charge is -2.43. The highest BCUT2D eigenvalue weighted by molar-refractivity contribution is 7.99. The van der Waals surface area contributed by atoms with Crippen LogP contribution < -0.4 is 11.1 Å². The van der Waals surface area contributed by atoms with E-state index < -0.39 is 0 Å². The Bertz CT molecular complexity index is 535. The lowest BCUT2D eigenvalue weighted by molar-refractivity contribution is -0.122. The quantitative estimate of drug-likeness (QED) is 0.741. The topological polar surface area (TPSA) is 58.4 Å². The van der Waals surface area contributed by atoms with Crippen molar-refractivity contribution in [3.05, 3.63) is 35.9 Å². The van der Waals surface area contributed by atoms with Crippen LogP contribution in [0.3, 0.4) is 0 Å². The van der Waals surface area contributed by atoms with Crippen molar-refractivity contribution in [3.8, 4) is 0 Å². The molecule has 3 N–H and O–H groups in total. The maximum absolute atomic E-state index is 12.4. The molecule has 1 saturated heterocycles. The minimum absolute atomic E-state index is 0. The van der Waals surface area contributed by atoms with Crippen molar-refractivity contribution >= 4 is 42.5 Å². The van der Waals surface area contributed by atoms with E-state index in [0.717, 1.165) is 25.2 Å². The average molecular weight is 420 g/mol. The third-order valence-electron chi connectivity index (χ3n) is 5.46. The molecule has 2 aliphatic rings. The van der Waals surface area contributed by atoms with Crippen molar-refractivity contribution in [1.29, 1.82) is 0 Å². The predicted octanol–water partition coefficient (Wildman–Crippen LogP) is 3.40. The summed E-state index contributed by atoms with van der Waals surface area (Å²) in [7, 11) is 0. The minimum Gasteiger partial charge on any atom is -0.354 e. The van der Waals surface area contributed by atoms with Crippen LogP contribution in [0.1, 0.15) is 43.7 Å². The Hall–Kier alpha value is -0.460. The van der Waals surface area contributed by atoms with E-state index in [4.69, 9.17) is 5.73 Å². The van der Waals surface area contributed by atoms with Gasteiger partial charge < -0.3 is 11.1 Å². The molecule has 1 aliphatic carbocycles. The highest BCUT2D eigenvalue weighted by atomic mass is 35.5. The van der Waals surface area contributed by atoms with Gasteiger partial charge in [0.1, 0.15) is 0 Å². The Labute approximate surface area is 173 Å². The van der Waals surface area contributed by atoms with Crippen molar-refractivity contribution in [1.82, 2.24) is 10.2 Å². The van der Waals surface area contributed by atoms with Gasteiger partial charge in [-0.3, -0.25) is 9.69 Å². The fraction of sp³-hybridized carbons (Fsp3) is 0.632. The third kappa shape index (κ3) is 6.03. The van der Waals surface area contributed by atoms with Gasteiger partial charge in [0.05, 0.1) is 0 Å². The fourth-order valence-electron chi connectivity index (χ4n) is 4.03. The average Bonchev–Trinajstić information content (AvgIpc) is 3.12. The largest absolute Gasteiger partial charge is 0.354 e. The lowest BCUT2D eigenvalue weighted by Crippen LogP contribution is -2.56. The standard InChI is InChI=1S/C19H29N3OS.2ClH/c20-17(16-6-2-1-3-7-16)14-18(23)21-15-19(8-4-5-9-19)22-10-12-24-13-11-22;;/h1-3,6-7,17H,4-5,8-15,20H2,(H,21,23);2*1H. The van der Waals surface area contributed by atoms with Crippen molar-refractivity contribution < 1.29 is 4.79 Å². The Morgan fingerprint density at radius 2 is 1.77 bits per heavy atom. The van der Waals surface area contributed by atoms with E-state index in [2.05, 4.69) is 10.2 Å². The van der Waals surface area contributed by atoms with Gasteiger partial charge in [0.2, 0.25) is 5.91 Å². The minimum atomic E-state index is -0.225. The first-order valence-corrected chi connectivity index (χ1v) is 10.3. The Morgan fingerprint density at radius 3 is 2.38 bits per heavy atom. The SMILES string of the molecule is Cl.Cl.NC(CC(=O)NCC1(N2CCSCC2)CCCC1)c1ccccc1. The van der Waals surface area contributed by atoms with Crippen LogP contribution in [0, 0.1) is 0 Å². The molecule has 0 spiro atoms. The number of hydrogen-bond donors (Lipinski definition) is 2. The summed E-state index contributed by atoms with van der Waals surface area (Å²) in [4.78, 5) is 15.0. The Balaban J connectivity index is 0.00000169. The van der Waals surface area contributed by atoms with Crippen LogP contribution in [0.25, 0.3) is 0 Å². The van der Waals surface area contributed by atoms with Gasteiger partial charge >= 0.3 is 0 Å². The van der Waals surface area contributed by atoms with Crippen molar-refractivity contribution in [2.75, 3.05) is 31.1 Å². The third-order valence-corrected chi connectivity index (χ3v) is 6.41. The molecule has 1 aromatic rings. The summed E-state index contributed by atoms with van der Waals surface area (Å²) in [6.07, 6.45) is 5.34. The van der Waals surface area contributed by atoms with Crippen LogP contribution in [0.5, 0.6) is 0 Å². The second-order valence-electron chi connectivity index (χ2n) is 7.03. The summed E-state index contributed by atoms with van der Waals surface area (Å²) in [5, 5.41) is 3.20. The lowest BCUT2D eigenvalue weighted by atomic mass is 9.94. The second-order valence-corrected chi connectivity index (χ2v) is 8.25. The van der Waals surface area contributed by atoms with Crippen molar-refractivity contribution in [3.63, 3.8) is 0 Å². The van der Waals surface area contributed by atoms with Gasteiger partial charge in [-0.15, -0.1) is 24.8 Å². The normalized spacial score (nSPS) is 20.5. The summed E-state index contributed by atoms with van der Waals surface area (Å²) in [6.45, 7) is 3.09. The Kier molecular flexibility index (Phi) is 10.3.